The van der Waals surface area contributed by atoms with Gasteiger partial charge in [0.15, 0.2) is 0 Å². The molecule has 0 fully saturated rings. The summed E-state index contributed by atoms with van der Waals surface area (Å²) in [6.07, 6.45) is 1.13. The van der Waals surface area contributed by atoms with Crippen molar-refractivity contribution in [3.05, 3.63) is 0 Å². The van der Waals surface area contributed by atoms with Crippen LogP contribution in [0.5, 0.6) is 0 Å². The Balaban J connectivity index is -0.000000720. The number of aliphatic carboxylic acids is 2. The number of carbonyl (C=O) groups excluding carboxylic acids is 2. The van der Waals surface area contributed by atoms with Crippen molar-refractivity contribution in [2.24, 2.45) is 5.41 Å². The number of hydrogen-bond donors (Lipinski definition) is 0. The van der Waals surface area contributed by atoms with Crippen molar-refractivity contribution in [3.63, 3.8) is 0 Å². The summed E-state index contributed by atoms with van der Waals surface area (Å²) in [5.41, 5.74) is -1.79. The Morgan fingerprint density at radius 2 is 1.20 bits per heavy atom. The van der Waals surface area contributed by atoms with Gasteiger partial charge in [-0.1, -0.05) is 26.7 Å². The monoisotopic (exact) mass is 232 g/mol. The number of hydrogen-bond acceptors (Lipinski definition) is 4. The predicted molar refractivity (Wildman–Crippen MR) is 42.3 cm³/mol. The van der Waals surface area contributed by atoms with Crippen molar-refractivity contribution in [2.75, 3.05) is 0 Å². The minimum atomic E-state index is -1.79. The summed E-state index contributed by atoms with van der Waals surface area (Å²) in [5, 5.41) is 21.4. The molecule has 0 atom stereocenters. The Kier molecular flexibility index (Phi) is 14.3. The molecule has 0 heterocycles. The van der Waals surface area contributed by atoms with E-state index in [1.807, 2.05) is 0 Å². The summed E-state index contributed by atoms with van der Waals surface area (Å²) in [6, 6.07) is 0. The summed E-state index contributed by atoms with van der Waals surface area (Å²) in [4.78, 5) is 21.4. The molecule has 0 bridgehead atoms. The van der Waals surface area contributed by atoms with Gasteiger partial charge in [0.1, 0.15) is 0 Å². The molecule has 0 aromatic carbocycles. The molecular weight excluding hydrogens is 218 g/mol. The number of carboxylic acids is 2. The van der Waals surface area contributed by atoms with Crippen LogP contribution in [-0.4, -0.2) is 11.9 Å². The van der Waals surface area contributed by atoms with Crippen LogP contribution in [0, 0.1) is 5.41 Å². The number of rotatable bonds is 6. The van der Waals surface area contributed by atoms with E-state index in [2.05, 4.69) is 0 Å². The third-order valence-corrected chi connectivity index (χ3v) is 2.14. The largest absolute Gasteiger partial charge is 1.00 e. The molecular formula is C9H14Na2O4. The molecule has 0 saturated heterocycles. The van der Waals surface area contributed by atoms with Crippen molar-refractivity contribution < 1.29 is 78.9 Å². The van der Waals surface area contributed by atoms with Crippen molar-refractivity contribution in [2.45, 2.75) is 39.5 Å². The fraction of sp³-hybridized carbons (Fsp3) is 0.778. The fourth-order valence-electron chi connectivity index (χ4n) is 1.47. The van der Waals surface area contributed by atoms with Crippen molar-refractivity contribution in [1.29, 1.82) is 0 Å². The average Bonchev–Trinajstić information content (AvgIpc) is 2.03. The summed E-state index contributed by atoms with van der Waals surface area (Å²) in [7, 11) is 0. The molecule has 6 heteroatoms. The van der Waals surface area contributed by atoms with Gasteiger partial charge >= 0.3 is 59.1 Å². The molecule has 0 unspecified atom stereocenters. The van der Waals surface area contributed by atoms with Crippen molar-refractivity contribution in [3.8, 4) is 0 Å². The molecule has 0 amide bonds. The summed E-state index contributed by atoms with van der Waals surface area (Å²) >= 11 is 0. The fourth-order valence-corrected chi connectivity index (χ4v) is 1.47. The molecule has 0 N–H and O–H groups in total. The Morgan fingerprint density at radius 3 is 1.33 bits per heavy atom. The maximum absolute atomic E-state index is 10.7. The van der Waals surface area contributed by atoms with Crippen molar-refractivity contribution in [1.82, 2.24) is 0 Å². The van der Waals surface area contributed by atoms with Crippen LogP contribution >= 0.6 is 0 Å². The number of carboxylic acid groups (broad SMARTS) is 2. The van der Waals surface area contributed by atoms with Crippen LogP contribution in [0.1, 0.15) is 39.5 Å². The van der Waals surface area contributed by atoms with Gasteiger partial charge in [0.05, 0.1) is 11.9 Å². The second-order valence-corrected chi connectivity index (χ2v) is 3.16. The zero-order valence-corrected chi connectivity index (χ0v) is 14.0. The van der Waals surface area contributed by atoms with Gasteiger partial charge < -0.3 is 19.8 Å². The Morgan fingerprint density at radius 1 is 0.933 bits per heavy atom. The second-order valence-electron chi connectivity index (χ2n) is 3.16. The number of carbonyl (C=O) groups is 2. The maximum atomic E-state index is 10.7. The predicted octanol–water partition coefficient (Wildman–Crippen LogP) is -6.92. The Hall–Kier alpha value is 0.940. The second kappa shape index (κ2) is 10.1. The van der Waals surface area contributed by atoms with Crippen LogP contribution in [-0.2, 0) is 9.59 Å². The molecule has 4 nitrogen and oxygen atoms in total. The first-order valence-electron chi connectivity index (χ1n) is 4.44. The van der Waals surface area contributed by atoms with Crippen LogP contribution in [0.25, 0.3) is 0 Å². The zero-order valence-electron chi connectivity index (χ0n) is 9.96. The molecule has 15 heavy (non-hydrogen) atoms. The molecule has 0 rings (SSSR count). The minimum absolute atomic E-state index is 0. The maximum Gasteiger partial charge on any atom is 1.00 e. The van der Waals surface area contributed by atoms with E-state index in [0.29, 0.717) is 12.8 Å². The topological polar surface area (TPSA) is 80.3 Å². The van der Waals surface area contributed by atoms with E-state index in [4.69, 9.17) is 0 Å². The summed E-state index contributed by atoms with van der Waals surface area (Å²) in [5.74, 6) is -3.06. The SMILES string of the molecule is CCCC(CCC)(C(=O)[O-])C(=O)[O-].[Na+].[Na+]. The average molecular weight is 232 g/mol. The quantitative estimate of drug-likeness (QED) is 0.337. The first-order chi connectivity index (χ1) is 6.01. The first kappa shape index (κ1) is 21.2. The van der Waals surface area contributed by atoms with Crippen LogP contribution in [0.2, 0.25) is 0 Å². The zero-order chi connectivity index (χ0) is 10.5. The molecule has 0 aromatic rings. The van der Waals surface area contributed by atoms with E-state index in [9.17, 15) is 19.8 Å². The van der Waals surface area contributed by atoms with Gasteiger partial charge in [-0.3, -0.25) is 0 Å². The van der Waals surface area contributed by atoms with Crippen LogP contribution in [0.15, 0.2) is 0 Å². The Bertz CT molecular complexity index is 184. The Labute approximate surface area is 134 Å². The van der Waals surface area contributed by atoms with E-state index in [1.54, 1.807) is 13.8 Å². The van der Waals surface area contributed by atoms with E-state index < -0.39 is 17.4 Å². The molecule has 0 saturated carbocycles. The van der Waals surface area contributed by atoms with Crippen LogP contribution < -0.4 is 69.3 Å². The van der Waals surface area contributed by atoms with Crippen LogP contribution in [0.3, 0.4) is 0 Å². The molecule has 0 aliphatic heterocycles. The van der Waals surface area contributed by atoms with E-state index in [-0.39, 0.29) is 72.0 Å². The molecule has 0 aromatic heterocycles. The third-order valence-electron chi connectivity index (χ3n) is 2.14. The molecule has 0 aliphatic carbocycles. The molecule has 0 spiro atoms. The summed E-state index contributed by atoms with van der Waals surface area (Å²) in [6.45, 7) is 3.46. The van der Waals surface area contributed by atoms with Gasteiger partial charge in [0, 0.05) is 5.41 Å². The molecule has 0 aliphatic rings. The van der Waals surface area contributed by atoms with Gasteiger partial charge in [-0.05, 0) is 12.8 Å². The van der Waals surface area contributed by atoms with Gasteiger partial charge in [-0.25, -0.2) is 0 Å². The van der Waals surface area contributed by atoms with E-state index >= 15 is 0 Å². The first-order valence-corrected chi connectivity index (χ1v) is 4.44. The van der Waals surface area contributed by atoms with Gasteiger partial charge in [-0.15, -0.1) is 0 Å². The smallest absolute Gasteiger partial charge is 0.549 e. The minimum Gasteiger partial charge on any atom is -0.549 e. The van der Waals surface area contributed by atoms with E-state index in [0.717, 1.165) is 0 Å². The van der Waals surface area contributed by atoms with E-state index in [1.165, 1.54) is 0 Å². The standard InChI is InChI=1S/C9H16O4.2Na/c1-3-5-9(6-4-2,7(10)11)8(12)13;;/h3-6H2,1-2H3,(H,10,11)(H,12,13);;/q;2*+1/p-2. The van der Waals surface area contributed by atoms with Gasteiger partial charge in [-0.2, -0.15) is 0 Å². The molecule has 76 valence electrons. The van der Waals surface area contributed by atoms with Gasteiger partial charge in [0.25, 0.3) is 0 Å². The third kappa shape index (κ3) is 5.71. The summed E-state index contributed by atoms with van der Waals surface area (Å²) < 4.78 is 0. The molecule has 0 radical (unpaired) electrons. The van der Waals surface area contributed by atoms with Gasteiger partial charge in [0.2, 0.25) is 0 Å². The van der Waals surface area contributed by atoms with Crippen molar-refractivity contribution >= 4 is 11.9 Å². The normalized spacial score (nSPS) is 9.73. The van der Waals surface area contributed by atoms with Crippen LogP contribution in [0.4, 0.5) is 0 Å².